The van der Waals surface area contributed by atoms with Crippen LogP contribution in [0.3, 0.4) is 0 Å². The van der Waals surface area contributed by atoms with E-state index in [9.17, 15) is 9.59 Å². The number of benzene rings is 2. The van der Waals surface area contributed by atoms with Crippen LogP contribution in [0.1, 0.15) is 32.0 Å². The maximum atomic E-state index is 12.5. The fourth-order valence-electron chi connectivity index (χ4n) is 2.72. The summed E-state index contributed by atoms with van der Waals surface area (Å²) in [7, 11) is 0. The Balaban J connectivity index is 1.96. The lowest BCUT2D eigenvalue weighted by molar-refractivity contribution is 0.100. The first-order valence-electron chi connectivity index (χ1n) is 7.26. The van der Waals surface area contributed by atoms with E-state index < -0.39 is 5.91 Å². The van der Waals surface area contributed by atoms with Gasteiger partial charge in [0.25, 0.3) is 11.8 Å². The van der Waals surface area contributed by atoms with Crippen LogP contribution < -0.4 is 11.1 Å². The zero-order valence-corrected chi connectivity index (χ0v) is 12.9. The van der Waals surface area contributed by atoms with Gasteiger partial charge in [-0.2, -0.15) is 0 Å². The van der Waals surface area contributed by atoms with Crippen LogP contribution in [0.25, 0.3) is 10.9 Å². The normalized spacial score (nSPS) is 10.7. The van der Waals surface area contributed by atoms with Gasteiger partial charge in [-0.05, 0) is 49.2 Å². The van der Waals surface area contributed by atoms with Crippen molar-refractivity contribution < 1.29 is 9.59 Å². The van der Waals surface area contributed by atoms with E-state index in [1.165, 1.54) is 0 Å². The lowest BCUT2D eigenvalue weighted by Gasteiger charge is -2.07. The molecule has 116 valence electrons. The second-order valence-corrected chi connectivity index (χ2v) is 5.59. The van der Waals surface area contributed by atoms with Crippen LogP contribution in [-0.4, -0.2) is 16.8 Å². The van der Waals surface area contributed by atoms with Gasteiger partial charge in [-0.15, -0.1) is 0 Å². The first kappa shape index (κ1) is 14.8. The highest BCUT2D eigenvalue weighted by Gasteiger charge is 2.14. The topological polar surface area (TPSA) is 88.0 Å². The van der Waals surface area contributed by atoms with Crippen LogP contribution in [0, 0.1) is 13.8 Å². The second-order valence-electron chi connectivity index (χ2n) is 5.59. The van der Waals surface area contributed by atoms with E-state index >= 15 is 0 Å². The average Bonchev–Trinajstić information content (AvgIpc) is 2.92. The number of fused-ring (bicyclic) bond motifs is 1. The molecule has 23 heavy (non-hydrogen) atoms. The van der Waals surface area contributed by atoms with Crippen molar-refractivity contribution in [2.24, 2.45) is 5.73 Å². The van der Waals surface area contributed by atoms with Crippen LogP contribution in [0.15, 0.2) is 42.5 Å². The number of hydrogen-bond acceptors (Lipinski definition) is 2. The summed E-state index contributed by atoms with van der Waals surface area (Å²) >= 11 is 0. The Bertz CT molecular complexity index is 925. The average molecular weight is 307 g/mol. The largest absolute Gasteiger partial charge is 0.366 e. The number of carbonyl (C=O) groups is 2. The Morgan fingerprint density at radius 2 is 1.83 bits per heavy atom. The second kappa shape index (κ2) is 5.61. The number of nitrogens with two attached hydrogens (primary N) is 1. The van der Waals surface area contributed by atoms with E-state index in [-0.39, 0.29) is 11.5 Å². The SMILES string of the molecule is Cc1cc(C)c2cc(C(=O)Nc3ccccc3C(N)=O)[nH]c2c1. The Morgan fingerprint density at radius 1 is 1.09 bits per heavy atom. The monoisotopic (exact) mass is 307 g/mol. The molecule has 2 amide bonds. The fourth-order valence-corrected chi connectivity index (χ4v) is 2.72. The Hall–Kier alpha value is -3.08. The molecule has 0 saturated carbocycles. The fraction of sp³-hybridized carbons (Fsp3) is 0.111. The molecule has 0 radical (unpaired) electrons. The van der Waals surface area contributed by atoms with Gasteiger partial charge in [-0.1, -0.05) is 18.2 Å². The summed E-state index contributed by atoms with van der Waals surface area (Å²) in [5, 5.41) is 3.74. The van der Waals surface area contributed by atoms with Crippen molar-refractivity contribution in [3.63, 3.8) is 0 Å². The predicted molar refractivity (Wildman–Crippen MR) is 90.7 cm³/mol. The summed E-state index contributed by atoms with van der Waals surface area (Å²) in [4.78, 5) is 27.0. The molecule has 5 nitrogen and oxygen atoms in total. The van der Waals surface area contributed by atoms with Gasteiger partial charge in [0.15, 0.2) is 0 Å². The van der Waals surface area contributed by atoms with Crippen LogP contribution in [0.5, 0.6) is 0 Å². The zero-order chi connectivity index (χ0) is 16.6. The highest BCUT2D eigenvalue weighted by atomic mass is 16.2. The third-order valence-electron chi connectivity index (χ3n) is 3.77. The molecule has 4 N–H and O–H groups in total. The molecule has 0 aliphatic rings. The summed E-state index contributed by atoms with van der Waals surface area (Å²) in [6.07, 6.45) is 0. The molecular formula is C18H17N3O2. The summed E-state index contributed by atoms with van der Waals surface area (Å²) < 4.78 is 0. The minimum atomic E-state index is -0.580. The molecule has 0 aliphatic heterocycles. The number of anilines is 1. The third-order valence-corrected chi connectivity index (χ3v) is 3.77. The van der Waals surface area contributed by atoms with Gasteiger partial charge in [0.1, 0.15) is 5.69 Å². The van der Waals surface area contributed by atoms with Gasteiger partial charge < -0.3 is 16.0 Å². The molecule has 0 spiro atoms. The van der Waals surface area contributed by atoms with E-state index in [2.05, 4.69) is 16.4 Å². The van der Waals surface area contributed by atoms with Crippen molar-refractivity contribution in [2.45, 2.75) is 13.8 Å². The number of primary amides is 1. The molecule has 0 aliphatic carbocycles. The Labute approximate surface area is 133 Å². The number of aromatic nitrogens is 1. The molecule has 0 bridgehead atoms. The van der Waals surface area contributed by atoms with Crippen molar-refractivity contribution in [2.75, 3.05) is 5.32 Å². The van der Waals surface area contributed by atoms with E-state index in [0.717, 1.165) is 22.0 Å². The van der Waals surface area contributed by atoms with E-state index in [0.29, 0.717) is 11.4 Å². The van der Waals surface area contributed by atoms with Crippen LogP contribution >= 0.6 is 0 Å². The predicted octanol–water partition coefficient (Wildman–Crippen LogP) is 3.14. The molecular weight excluding hydrogens is 290 g/mol. The molecule has 1 aromatic heterocycles. The van der Waals surface area contributed by atoms with Crippen molar-refractivity contribution in [1.82, 2.24) is 4.98 Å². The van der Waals surface area contributed by atoms with Crippen molar-refractivity contribution in [3.05, 3.63) is 64.8 Å². The lowest BCUT2D eigenvalue weighted by Crippen LogP contribution is -2.18. The number of H-pyrrole nitrogens is 1. The number of amides is 2. The third kappa shape index (κ3) is 2.81. The standard InChI is InChI=1S/C18H17N3O2/c1-10-7-11(2)13-9-16(20-15(13)8-10)18(23)21-14-6-4-3-5-12(14)17(19)22/h3-9,20H,1-2H3,(H2,19,22)(H,21,23). The van der Waals surface area contributed by atoms with Gasteiger partial charge in [-0.3, -0.25) is 9.59 Å². The van der Waals surface area contributed by atoms with Crippen molar-refractivity contribution in [3.8, 4) is 0 Å². The number of hydrogen-bond donors (Lipinski definition) is 3. The molecule has 5 heteroatoms. The summed E-state index contributed by atoms with van der Waals surface area (Å²) in [5.74, 6) is -0.893. The van der Waals surface area contributed by atoms with E-state index in [4.69, 9.17) is 5.73 Å². The van der Waals surface area contributed by atoms with Crippen molar-refractivity contribution >= 4 is 28.4 Å². The molecule has 1 heterocycles. The number of nitrogens with one attached hydrogen (secondary N) is 2. The van der Waals surface area contributed by atoms with Gasteiger partial charge >= 0.3 is 0 Å². The number of aryl methyl sites for hydroxylation is 2. The first-order chi connectivity index (χ1) is 11.0. The Kier molecular flexibility index (Phi) is 3.62. The van der Waals surface area contributed by atoms with Gasteiger partial charge in [0.2, 0.25) is 0 Å². The van der Waals surface area contributed by atoms with E-state index in [1.807, 2.05) is 26.0 Å². The quantitative estimate of drug-likeness (QED) is 0.694. The molecule has 0 atom stereocenters. The molecule has 0 unspecified atom stereocenters. The molecule has 2 aromatic carbocycles. The number of carbonyl (C=O) groups excluding carboxylic acids is 2. The molecule has 0 fully saturated rings. The molecule has 3 rings (SSSR count). The minimum absolute atomic E-state index is 0.281. The summed E-state index contributed by atoms with van der Waals surface area (Å²) in [6, 6.07) is 12.5. The smallest absolute Gasteiger partial charge is 0.272 e. The van der Waals surface area contributed by atoms with Crippen molar-refractivity contribution in [1.29, 1.82) is 0 Å². The van der Waals surface area contributed by atoms with Gasteiger partial charge in [0.05, 0.1) is 11.3 Å². The Morgan fingerprint density at radius 3 is 2.57 bits per heavy atom. The molecule has 0 saturated heterocycles. The van der Waals surface area contributed by atoms with Crippen LogP contribution in [-0.2, 0) is 0 Å². The minimum Gasteiger partial charge on any atom is -0.366 e. The van der Waals surface area contributed by atoms with Crippen LogP contribution in [0.2, 0.25) is 0 Å². The maximum Gasteiger partial charge on any atom is 0.272 e. The number of para-hydroxylation sites is 1. The lowest BCUT2D eigenvalue weighted by atomic mass is 10.1. The number of aromatic amines is 1. The van der Waals surface area contributed by atoms with Gasteiger partial charge in [0, 0.05) is 10.9 Å². The maximum absolute atomic E-state index is 12.5. The number of rotatable bonds is 3. The molecule has 3 aromatic rings. The van der Waals surface area contributed by atoms with Crippen LogP contribution in [0.4, 0.5) is 5.69 Å². The first-order valence-corrected chi connectivity index (χ1v) is 7.26. The van der Waals surface area contributed by atoms with Gasteiger partial charge in [-0.25, -0.2) is 0 Å². The highest BCUT2D eigenvalue weighted by molar-refractivity contribution is 6.09. The highest BCUT2D eigenvalue weighted by Crippen LogP contribution is 2.22. The summed E-state index contributed by atoms with van der Waals surface area (Å²) in [5.41, 5.74) is 9.59. The summed E-state index contributed by atoms with van der Waals surface area (Å²) in [6.45, 7) is 4.02. The van der Waals surface area contributed by atoms with E-state index in [1.54, 1.807) is 24.3 Å². The zero-order valence-electron chi connectivity index (χ0n) is 12.9.